The van der Waals surface area contributed by atoms with Gasteiger partial charge in [0.1, 0.15) is 0 Å². The Kier molecular flexibility index (Phi) is 2.08. The molecule has 1 atom stereocenters. The number of hydrogen-bond donors (Lipinski definition) is 0. The Hall–Kier alpha value is -1.63. The van der Waals surface area contributed by atoms with Gasteiger partial charge in [-0.1, -0.05) is 36.4 Å². The molecule has 0 heterocycles. The van der Waals surface area contributed by atoms with Crippen LogP contribution in [0.25, 0.3) is 5.57 Å². The molecule has 1 aromatic carbocycles. The molecule has 1 heteroatoms. The van der Waals surface area contributed by atoms with Crippen molar-refractivity contribution in [2.75, 3.05) is 0 Å². The summed E-state index contributed by atoms with van der Waals surface area (Å²) in [6, 6.07) is 9.79. The second kappa shape index (κ2) is 3.26. The normalized spacial score (nSPS) is 20.6. The fourth-order valence-corrected chi connectivity index (χ4v) is 1.88. The summed E-state index contributed by atoms with van der Waals surface area (Å²) in [7, 11) is 0. The third-order valence-electron chi connectivity index (χ3n) is 2.69. The fourth-order valence-electron chi connectivity index (χ4n) is 1.88. The first-order valence-corrected chi connectivity index (χ1v) is 4.68. The van der Waals surface area contributed by atoms with Crippen LogP contribution >= 0.6 is 0 Å². The van der Waals surface area contributed by atoms with Gasteiger partial charge in [0, 0.05) is 5.57 Å². The molecule has 1 aliphatic rings. The van der Waals surface area contributed by atoms with Gasteiger partial charge in [0.25, 0.3) is 0 Å². The molecular weight excluding hydrogens is 172 g/mol. The maximum atomic E-state index is 11.7. The Labute approximate surface area is 83.8 Å². The maximum absolute atomic E-state index is 11.7. The minimum atomic E-state index is -0.0507. The quantitative estimate of drug-likeness (QED) is 0.646. The second-order valence-electron chi connectivity index (χ2n) is 3.50. The number of allylic oxidation sites excluding steroid dienone is 3. The molecule has 14 heavy (non-hydrogen) atoms. The summed E-state index contributed by atoms with van der Waals surface area (Å²) in [6.45, 7) is 5.65. The molecule has 2 rings (SSSR count). The standard InChI is InChI=1S/C13H12O/c1-3-11-9(2)12(13(11)14)10-7-5-4-6-8-10/h3-8,11H,1H2,2H3. The van der Waals surface area contributed by atoms with Crippen molar-refractivity contribution < 1.29 is 4.79 Å². The van der Waals surface area contributed by atoms with Crippen molar-refractivity contribution in [3.05, 3.63) is 54.1 Å². The van der Waals surface area contributed by atoms with Crippen LogP contribution < -0.4 is 0 Å². The predicted molar refractivity (Wildman–Crippen MR) is 57.7 cm³/mol. The van der Waals surface area contributed by atoms with E-state index in [2.05, 4.69) is 6.58 Å². The van der Waals surface area contributed by atoms with E-state index < -0.39 is 0 Å². The van der Waals surface area contributed by atoms with E-state index in [0.29, 0.717) is 0 Å². The largest absolute Gasteiger partial charge is 0.293 e. The Morgan fingerprint density at radius 3 is 2.43 bits per heavy atom. The van der Waals surface area contributed by atoms with Gasteiger partial charge in [-0.2, -0.15) is 0 Å². The van der Waals surface area contributed by atoms with Crippen molar-refractivity contribution in [1.29, 1.82) is 0 Å². The van der Waals surface area contributed by atoms with Crippen LogP contribution in [0.5, 0.6) is 0 Å². The van der Waals surface area contributed by atoms with Gasteiger partial charge in [-0.25, -0.2) is 0 Å². The van der Waals surface area contributed by atoms with Crippen molar-refractivity contribution in [3.63, 3.8) is 0 Å². The van der Waals surface area contributed by atoms with Crippen molar-refractivity contribution in [2.45, 2.75) is 6.92 Å². The minimum absolute atomic E-state index is 0.0507. The Morgan fingerprint density at radius 2 is 1.93 bits per heavy atom. The van der Waals surface area contributed by atoms with Gasteiger partial charge in [0.15, 0.2) is 5.78 Å². The van der Waals surface area contributed by atoms with Gasteiger partial charge in [-0.15, -0.1) is 6.58 Å². The number of rotatable bonds is 2. The summed E-state index contributed by atoms with van der Waals surface area (Å²) in [5, 5.41) is 0. The molecule has 0 aliphatic heterocycles. The lowest BCUT2D eigenvalue weighted by molar-refractivity contribution is -0.116. The van der Waals surface area contributed by atoms with E-state index in [4.69, 9.17) is 0 Å². The monoisotopic (exact) mass is 184 g/mol. The van der Waals surface area contributed by atoms with Gasteiger partial charge in [0.2, 0.25) is 0 Å². The van der Waals surface area contributed by atoms with E-state index >= 15 is 0 Å². The molecule has 1 aromatic rings. The molecule has 0 radical (unpaired) electrons. The predicted octanol–water partition coefficient (Wildman–Crippen LogP) is 2.85. The van der Waals surface area contributed by atoms with Crippen LogP contribution in [0, 0.1) is 5.92 Å². The van der Waals surface area contributed by atoms with Crippen LogP contribution in [0.15, 0.2) is 48.6 Å². The molecule has 0 spiro atoms. The molecule has 0 saturated heterocycles. The summed E-state index contributed by atoms with van der Waals surface area (Å²) in [5.41, 5.74) is 3.03. The lowest BCUT2D eigenvalue weighted by Crippen LogP contribution is -2.27. The summed E-state index contributed by atoms with van der Waals surface area (Å²) in [6.07, 6.45) is 1.71. The molecular formula is C13H12O. The molecule has 1 aliphatic carbocycles. The summed E-state index contributed by atoms with van der Waals surface area (Å²) < 4.78 is 0. The van der Waals surface area contributed by atoms with E-state index in [0.717, 1.165) is 16.7 Å². The molecule has 0 amide bonds. The second-order valence-corrected chi connectivity index (χ2v) is 3.50. The van der Waals surface area contributed by atoms with Crippen LogP contribution in [0.2, 0.25) is 0 Å². The van der Waals surface area contributed by atoms with E-state index in [1.807, 2.05) is 37.3 Å². The van der Waals surface area contributed by atoms with Gasteiger partial charge in [-0.05, 0) is 18.1 Å². The van der Waals surface area contributed by atoms with E-state index in [1.165, 1.54) is 0 Å². The van der Waals surface area contributed by atoms with E-state index in [-0.39, 0.29) is 11.7 Å². The van der Waals surface area contributed by atoms with Crippen LogP contribution in [0.1, 0.15) is 12.5 Å². The summed E-state index contributed by atoms with van der Waals surface area (Å²) >= 11 is 0. The lowest BCUT2D eigenvalue weighted by Gasteiger charge is -2.27. The zero-order chi connectivity index (χ0) is 10.1. The first-order valence-electron chi connectivity index (χ1n) is 4.68. The third kappa shape index (κ3) is 1.13. The summed E-state index contributed by atoms with van der Waals surface area (Å²) in [4.78, 5) is 11.7. The van der Waals surface area contributed by atoms with E-state index in [1.54, 1.807) is 6.08 Å². The van der Waals surface area contributed by atoms with Gasteiger partial charge in [-0.3, -0.25) is 4.79 Å². The van der Waals surface area contributed by atoms with Crippen molar-refractivity contribution in [2.24, 2.45) is 5.92 Å². The van der Waals surface area contributed by atoms with Crippen LogP contribution in [0.3, 0.4) is 0 Å². The van der Waals surface area contributed by atoms with Crippen LogP contribution in [-0.2, 0) is 4.79 Å². The van der Waals surface area contributed by atoms with Gasteiger partial charge < -0.3 is 0 Å². The highest BCUT2D eigenvalue weighted by atomic mass is 16.1. The number of carbonyl (C=O) groups is 1. The molecule has 0 bridgehead atoms. The van der Waals surface area contributed by atoms with Crippen molar-refractivity contribution in [3.8, 4) is 0 Å². The SMILES string of the molecule is C=CC1C(=O)C(c2ccccc2)=C1C. The fraction of sp³-hybridized carbons (Fsp3) is 0.154. The maximum Gasteiger partial charge on any atom is 0.174 e. The molecule has 1 unspecified atom stereocenters. The molecule has 1 nitrogen and oxygen atoms in total. The highest BCUT2D eigenvalue weighted by Crippen LogP contribution is 2.37. The van der Waals surface area contributed by atoms with Gasteiger partial charge >= 0.3 is 0 Å². The zero-order valence-corrected chi connectivity index (χ0v) is 8.16. The van der Waals surface area contributed by atoms with Crippen molar-refractivity contribution in [1.82, 2.24) is 0 Å². The first kappa shape index (κ1) is 8.95. The average molecular weight is 184 g/mol. The van der Waals surface area contributed by atoms with Gasteiger partial charge in [0.05, 0.1) is 5.92 Å². The number of ketones is 1. The number of benzene rings is 1. The Morgan fingerprint density at radius 1 is 1.29 bits per heavy atom. The Bertz CT molecular complexity index is 412. The molecule has 0 fully saturated rings. The van der Waals surface area contributed by atoms with E-state index in [9.17, 15) is 4.79 Å². The van der Waals surface area contributed by atoms with Crippen molar-refractivity contribution >= 4 is 11.4 Å². The smallest absolute Gasteiger partial charge is 0.174 e. The third-order valence-corrected chi connectivity index (χ3v) is 2.69. The van der Waals surface area contributed by atoms with Crippen LogP contribution in [-0.4, -0.2) is 5.78 Å². The molecule has 0 saturated carbocycles. The highest BCUT2D eigenvalue weighted by molar-refractivity contribution is 6.30. The zero-order valence-electron chi connectivity index (χ0n) is 8.16. The molecule has 0 N–H and O–H groups in total. The number of Topliss-reactive ketones (excluding diaryl/α,β-unsaturated/α-hetero) is 1. The first-order chi connectivity index (χ1) is 6.75. The molecule has 0 aromatic heterocycles. The summed E-state index contributed by atoms with van der Waals surface area (Å²) in [5.74, 6) is 0.147. The Balaban J connectivity index is 2.44. The number of carbonyl (C=O) groups excluding carboxylic acids is 1. The molecule has 70 valence electrons. The topological polar surface area (TPSA) is 17.1 Å². The average Bonchev–Trinajstić information content (AvgIpc) is 2.20. The van der Waals surface area contributed by atoms with Crippen LogP contribution in [0.4, 0.5) is 0 Å². The number of hydrogen-bond acceptors (Lipinski definition) is 1. The lowest BCUT2D eigenvalue weighted by atomic mass is 9.74. The highest BCUT2D eigenvalue weighted by Gasteiger charge is 2.34. The minimum Gasteiger partial charge on any atom is -0.293 e.